The molecule has 1 rings (SSSR count). The number of rotatable bonds is 6. The third-order valence-corrected chi connectivity index (χ3v) is 3.05. The number of aryl methyl sites for hydroxylation is 2. The zero-order chi connectivity index (χ0) is 15.2. The van der Waals surface area contributed by atoms with Crippen LogP contribution in [0.4, 0.5) is 0 Å². The summed E-state index contributed by atoms with van der Waals surface area (Å²) >= 11 is 0. The van der Waals surface area contributed by atoms with Crippen molar-refractivity contribution in [3.63, 3.8) is 0 Å². The van der Waals surface area contributed by atoms with Gasteiger partial charge in [-0.3, -0.25) is 0 Å². The first-order valence-corrected chi connectivity index (χ1v) is 7.22. The SMILES string of the molecule is CCCNC(=NCC(C)(O)c1cc(C)oc1C)NCC. The van der Waals surface area contributed by atoms with E-state index in [1.54, 1.807) is 6.92 Å². The van der Waals surface area contributed by atoms with Crippen molar-refractivity contribution in [3.8, 4) is 0 Å². The van der Waals surface area contributed by atoms with Crippen molar-refractivity contribution in [3.05, 3.63) is 23.2 Å². The highest BCUT2D eigenvalue weighted by atomic mass is 16.3. The van der Waals surface area contributed by atoms with Gasteiger partial charge in [0.1, 0.15) is 17.1 Å². The molecule has 5 heteroatoms. The first-order chi connectivity index (χ1) is 9.40. The highest BCUT2D eigenvalue weighted by molar-refractivity contribution is 5.79. The van der Waals surface area contributed by atoms with Crippen LogP contribution in [-0.2, 0) is 5.60 Å². The quantitative estimate of drug-likeness (QED) is 0.551. The van der Waals surface area contributed by atoms with E-state index in [4.69, 9.17) is 4.42 Å². The van der Waals surface area contributed by atoms with Gasteiger partial charge in [-0.2, -0.15) is 0 Å². The molecule has 1 aromatic heterocycles. The van der Waals surface area contributed by atoms with E-state index in [0.717, 1.165) is 42.6 Å². The summed E-state index contributed by atoms with van der Waals surface area (Å²) in [7, 11) is 0. The van der Waals surface area contributed by atoms with Crippen LogP contribution in [0.15, 0.2) is 15.5 Å². The maximum Gasteiger partial charge on any atom is 0.191 e. The molecule has 0 aliphatic rings. The number of hydrogen-bond donors (Lipinski definition) is 3. The van der Waals surface area contributed by atoms with Gasteiger partial charge in [0.05, 0.1) is 6.54 Å². The van der Waals surface area contributed by atoms with E-state index in [-0.39, 0.29) is 6.54 Å². The first-order valence-electron chi connectivity index (χ1n) is 7.22. The molecule has 0 aliphatic heterocycles. The fourth-order valence-electron chi connectivity index (χ4n) is 2.07. The maximum atomic E-state index is 10.6. The Bertz CT molecular complexity index is 450. The van der Waals surface area contributed by atoms with Gasteiger partial charge in [0.25, 0.3) is 0 Å². The molecular formula is C15H27N3O2. The zero-order valence-electron chi connectivity index (χ0n) is 13.2. The second-order valence-corrected chi connectivity index (χ2v) is 5.22. The van der Waals surface area contributed by atoms with E-state index in [1.807, 2.05) is 26.8 Å². The summed E-state index contributed by atoms with van der Waals surface area (Å²) < 4.78 is 5.48. The normalized spacial score (nSPS) is 15.0. The van der Waals surface area contributed by atoms with Crippen LogP contribution in [0.2, 0.25) is 0 Å². The number of hydrogen-bond acceptors (Lipinski definition) is 3. The summed E-state index contributed by atoms with van der Waals surface area (Å²) in [5.74, 6) is 2.28. The van der Waals surface area contributed by atoms with Crippen LogP contribution < -0.4 is 10.6 Å². The molecule has 0 saturated heterocycles. The van der Waals surface area contributed by atoms with Gasteiger partial charge in [0.2, 0.25) is 0 Å². The van der Waals surface area contributed by atoms with Gasteiger partial charge < -0.3 is 20.2 Å². The van der Waals surface area contributed by atoms with Crippen LogP contribution in [0, 0.1) is 13.8 Å². The number of guanidine groups is 1. The summed E-state index contributed by atoms with van der Waals surface area (Å²) in [6.45, 7) is 11.6. The molecular weight excluding hydrogens is 254 g/mol. The molecule has 1 atom stereocenters. The van der Waals surface area contributed by atoms with Gasteiger partial charge >= 0.3 is 0 Å². The molecule has 5 nitrogen and oxygen atoms in total. The number of aliphatic imine (C=N–C) groups is 1. The molecule has 0 amide bonds. The van der Waals surface area contributed by atoms with Crippen LogP contribution >= 0.6 is 0 Å². The van der Waals surface area contributed by atoms with Crippen LogP contribution in [-0.4, -0.2) is 30.7 Å². The Morgan fingerprint density at radius 1 is 1.35 bits per heavy atom. The number of nitrogens with zero attached hydrogens (tertiary/aromatic N) is 1. The lowest BCUT2D eigenvalue weighted by Gasteiger charge is -2.21. The van der Waals surface area contributed by atoms with Crippen molar-refractivity contribution in [2.45, 2.75) is 46.6 Å². The van der Waals surface area contributed by atoms with Crippen molar-refractivity contribution >= 4 is 5.96 Å². The minimum absolute atomic E-state index is 0.284. The van der Waals surface area contributed by atoms with Crippen molar-refractivity contribution in [1.29, 1.82) is 0 Å². The highest BCUT2D eigenvalue weighted by Crippen LogP contribution is 2.27. The topological polar surface area (TPSA) is 69.8 Å². The van der Waals surface area contributed by atoms with E-state index < -0.39 is 5.60 Å². The van der Waals surface area contributed by atoms with Crippen LogP contribution in [0.3, 0.4) is 0 Å². The molecule has 1 aromatic rings. The lowest BCUT2D eigenvalue weighted by atomic mass is 9.96. The van der Waals surface area contributed by atoms with Crippen molar-refractivity contribution in [1.82, 2.24) is 10.6 Å². The molecule has 0 fully saturated rings. The average Bonchev–Trinajstić information content (AvgIpc) is 2.73. The lowest BCUT2D eigenvalue weighted by molar-refractivity contribution is 0.0657. The van der Waals surface area contributed by atoms with Crippen molar-refractivity contribution < 1.29 is 9.52 Å². The third-order valence-electron chi connectivity index (χ3n) is 3.05. The van der Waals surface area contributed by atoms with Gasteiger partial charge in [-0.05, 0) is 40.2 Å². The van der Waals surface area contributed by atoms with Gasteiger partial charge in [0.15, 0.2) is 5.96 Å². The highest BCUT2D eigenvalue weighted by Gasteiger charge is 2.27. The van der Waals surface area contributed by atoms with Gasteiger partial charge in [-0.1, -0.05) is 6.92 Å². The number of aliphatic hydroxyl groups is 1. The summed E-state index contributed by atoms with van der Waals surface area (Å²) in [4.78, 5) is 4.45. The molecule has 0 spiro atoms. The Labute approximate surface area is 121 Å². The number of nitrogens with one attached hydrogen (secondary N) is 2. The Kier molecular flexibility index (Phi) is 6.07. The van der Waals surface area contributed by atoms with E-state index in [9.17, 15) is 5.11 Å². The molecule has 1 unspecified atom stereocenters. The average molecular weight is 281 g/mol. The summed E-state index contributed by atoms with van der Waals surface area (Å²) in [6.07, 6.45) is 1.03. The molecule has 20 heavy (non-hydrogen) atoms. The standard InChI is InChI=1S/C15H27N3O2/c1-6-8-17-14(16-7-2)18-10-15(5,19)13-9-11(3)20-12(13)4/h9,19H,6-8,10H2,1-5H3,(H2,16,17,18). The zero-order valence-corrected chi connectivity index (χ0v) is 13.2. The van der Waals surface area contributed by atoms with E-state index in [1.165, 1.54) is 0 Å². The summed E-state index contributed by atoms with van der Waals surface area (Å²) in [6, 6.07) is 1.87. The molecule has 1 heterocycles. The Morgan fingerprint density at radius 3 is 2.55 bits per heavy atom. The molecule has 0 radical (unpaired) electrons. The maximum absolute atomic E-state index is 10.6. The van der Waals surface area contributed by atoms with Gasteiger partial charge in [-0.25, -0.2) is 4.99 Å². The summed E-state index contributed by atoms with van der Waals surface area (Å²) in [5.41, 5.74) is -0.235. The summed E-state index contributed by atoms with van der Waals surface area (Å²) in [5, 5.41) is 17.0. The van der Waals surface area contributed by atoms with E-state index in [0.29, 0.717) is 0 Å². The molecule has 0 aromatic carbocycles. The predicted molar refractivity (Wildman–Crippen MR) is 82.0 cm³/mol. The lowest BCUT2D eigenvalue weighted by Crippen LogP contribution is -2.39. The largest absolute Gasteiger partial charge is 0.466 e. The first kappa shape index (κ1) is 16.6. The van der Waals surface area contributed by atoms with Crippen LogP contribution in [0.25, 0.3) is 0 Å². The Hall–Kier alpha value is -1.49. The van der Waals surface area contributed by atoms with E-state index >= 15 is 0 Å². The van der Waals surface area contributed by atoms with E-state index in [2.05, 4.69) is 22.5 Å². The second-order valence-electron chi connectivity index (χ2n) is 5.22. The molecule has 3 N–H and O–H groups in total. The van der Waals surface area contributed by atoms with Crippen molar-refractivity contribution in [2.75, 3.05) is 19.6 Å². The molecule has 0 saturated carbocycles. The Morgan fingerprint density at radius 2 is 2.05 bits per heavy atom. The van der Waals surface area contributed by atoms with Gasteiger partial charge in [0, 0.05) is 18.7 Å². The van der Waals surface area contributed by atoms with Crippen LogP contribution in [0.5, 0.6) is 0 Å². The predicted octanol–water partition coefficient (Wildman–Crippen LogP) is 2.07. The fraction of sp³-hybridized carbons (Fsp3) is 0.667. The smallest absolute Gasteiger partial charge is 0.191 e. The minimum atomic E-state index is -1.03. The Balaban J connectivity index is 2.80. The second kappa shape index (κ2) is 7.33. The van der Waals surface area contributed by atoms with Crippen LogP contribution in [0.1, 0.15) is 44.3 Å². The van der Waals surface area contributed by atoms with Crippen molar-refractivity contribution in [2.24, 2.45) is 4.99 Å². The third kappa shape index (κ3) is 4.56. The monoisotopic (exact) mass is 281 g/mol. The fourth-order valence-corrected chi connectivity index (χ4v) is 2.07. The molecule has 0 bridgehead atoms. The number of furan rings is 1. The minimum Gasteiger partial charge on any atom is -0.466 e. The van der Waals surface area contributed by atoms with Gasteiger partial charge in [-0.15, -0.1) is 0 Å². The molecule has 114 valence electrons. The molecule has 0 aliphatic carbocycles.